The number of carbonyl (C=O) groups is 2. The molecule has 35 heavy (non-hydrogen) atoms. The van der Waals surface area contributed by atoms with Crippen LogP contribution in [0.3, 0.4) is 0 Å². The summed E-state index contributed by atoms with van der Waals surface area (Å²) in [5.74, 6) is -0.652. The molecule has 0 radical (unpaired) electrons. The molecule has 1 fully saturated rings. The highest BCUT2D eigenvalue weighted by atomic mass is 35.5. The highest BCUT2D eigenvalue weighted by molar-refractivity contribution is 7.92. The lowest BCUT2D eigenvalue weighted by molar-refractivity contribution is -0.140. The van der Waals surface area contributed by atoms with Crippen LogP contribution in [0.25, 0.3) is 0 Å². The van der Waals surface area contributed by atoms with Gasteiger partial charge in [-0.2, -0.15) is 0 Å². The van der Waals surface area contributed by atoms with E-state index in [0.29, 0.717) is 22.7 Å². The normalized spacial score (nSPS) is 15.0. The number of aryl methyl sites for hydroxylation is 1. The first kappa shape index (κ1) is 27.0. The van der Waals surface area contributed by atoms with E-state index >= 15 is 0 Å². The van der Waals surface area contributed by atoms with Crippen molar-refractivity contribution in [3.05, 3.63) is 64.7 Å². The molecule has 0 aliphatic heterocycles. The van der Waals surface area contributed by atoms with E-state index in [4.69, 9.17) is 11.6 Å². The summed E-state index contributed by atoms with van der Waals surface area (Å²) >= 11 is 6.14. The number of hydrogen-bond acceptors (Lipinski definition) is 4. The molecule has 0 unspecified atom stereocenters. The number of nitrogens with one attached hydrogen (secondary N) is 1. The number of hydrogen-bond donors (Lipinski definition) is 1. The minimum absolute atomic E-state index is 0.117. The van der Waals surface area contributed by atoms with E-state index in [1.165, 1.54) is 11.0 Å². The first-order chi connectivity index (χ1) is 16.6. The summed E-state index contributed by atoms with van der Waals surface area (Å²) < 4.78 is 26.6. The van der Waals surface area contributed by atoms with Crippen LogP contribution in [-0.4, -0.2) is 50.0 Å². The molecule has 1 aliphatic rings. The van der Waals surface area contributed by atoms with Crippen molar-refractivity contribution in [1.29, 1.82) is 0 Å². The van der Waals surface area contributed by atoms with Crippen LogP contribution < -0.4 is 9.62 Å². The molecule has 1 aliphatic carbocycles. The van der Waals surface area contributed by atoms with E-state index in [2.05, 4.69) is 5.32 Å². The summed E-state index contributed by atoms with van der Waals surface area (Å²) in [6, 6.07) is 13.7. The molecule has 2 aromatic carbocycles. The Morgan fingerprint density at radius 1 is 1.11 bits per heavy atom. The maximum atomic E-state index is 13.7. The largest absolute Gasteiger partial charge is 0.352 e. The average Bonchev–Trinajstić information content (AvgIpc) is 3.32. The average molecular weight is 520 g/mol. The molecule has 1 atom stereocenters. The zero-order chi connectivity index (χ0) is 25.6. The topological polar surface area (TPSA) is 86.8 Å². The van der Waals surface area contributed by atoms with Gasteiger partial charge in [0.2, 0.25) is 21.8 Å². The Morgan fingerprint density at radius 3 is 2.37 bits per heavy atom. The highest BCUT2D eigenvalue weighted by Gasteiger charge is 2.33. The first-order valence-corrected chi connectivity index (χ1v) is 14.2. The summed E-state index contributed by atoms with van der Waals surface area (Å²) in [4.78, 5) is 28.5. The lowest BCUT2D eigenvalue weighted by Gasteiger charge is -2.33. The van der Waals surface area contributed by atoms with Crippen LogP contribution in [0.1, 0.15) is 50.2 Å². The van der Waals surface area contributed by atoms with Gasteiger partial charge in [-0.1, -0.05) is 67.8 Å². The third-order valence-electron chi connectivity index (χ3n) is 6.40. The Morgan fingerprint density at radius 2 is 1.77 bits per heavy atom. The summed E-state index contributed by atoms with van der Waals surface area (Å²) in [7, 11) is -3.80. The summed E-state index contributed by atoms with van der Waals surface area (Å²) in [5, 5.41) is 3.47. The number of benzene rings is 2. The molecule has 9 heteroatoms. The van der Waals surface area contributed by atoms with E-state index in [1.54, 1.807) is 19.1 Å². The molecule has 0 saturated heterocycles. The van der Waals surface area contributed by atoms with Crippen molar-refractivity contribution in [2.75, 3.05) is 17.1 Å². The maximum absolute atomic E-state index is 13.7. The van der Waals surface area contributed by atoms with Gasteiger partial charge in [0.05, 0.1) is 11.9 Å². The minimum atomic E-state index is -3.80. The Bertz CT molecular complexity index is 1130. The maximum Gasteiger partial charge on any atom is 0.244 e. The number of rotatable bonds is 10. The monoisotopic (exact) mass is 519 g/mol. The SMILES string of the molecule is CC[C@@H](C(=O)NC1CCCC1)N(Cc1ccccc1)C(=O)CN(c1cc(Cl)ccc1C)S(C)(=O)=O. The fraction of sp³-hybridized carbons (Fsp3) is 0.462. The van der Waals surface area contributed by atoms with E-state index in [-0.39, 0.29) is 18.5 Å². The van der Waals surface area contributed by atoms with Crippen LogP contribution in [0.4, 0.5) is 5.69 Å². The lowest BCUT2D eigenvalue weighted by Crippen LogP contribution is -2.53. The van der Waals surface area contributed by atoms with Crippen LogP contribution >= 0.6 is 11.6 Å². The minimum Gasteiger partial charge on any atom is -0.352 e. The van der Waals surface area contributed by atoms with Gasteiger partial charge in [-0.05, 0) is 49.4 Å². The first-order valence-electron chi connectivity index (χ1n) is 12.0. The second-order valence-corrected chi connectivity index (χ2v) is 11.5. The van der Waals surface area contributed by atoms with Crippen LogP contribution in [0, 0.1) is 6.92 Å². The van der Waals surface area contributed by atoms with Gasteiger partial charge < -0.3 is 10.2 Å². The molecule has 2 amide bonds. The molecule has 3 rings (SSSR count). The van der Waals surface area contributed by atoms with Crippen LogP contribution in [0.5, 0.6) is 0 Å². The smallest absolute Gasteiger partial charge is 0.244 e. The number of anilines is 1. The van der Waals surface area contributed by atoms with Crippen molar-refractivity contribution in [3.63, 3.8) is 0 Å². The van der Waals surface area contributed by atoms with Gasteiger partial charge in [0.25, 0.3) is 0 Å². The molecule has 0 aromatic heterocycles. The lowest BCUT2D eigenvalue weighted by atomic mass is 10.1. The molecule has 1 saturated carbocycles. The third kappa shape index (κ3) is 7.21. The van der Waals surface area contributed by atoms with Crippen LogP contribution in [-0.2, 0) is 26.2 Å². The molecule has 0 spiro atoms. The molecule has 0 heterocycles. The summed E-state index contributed by atoms with van der Waals surface area (Å²) in [6.07, 6.45) is 5.50. The predicted octanol–water partition coefficient (Wildman–Crippen LogP) is 4.28. The van der Waals surface area contributed by atoms with Gasteiger partial charge in [0.1, 0.15) is 12.6 Å². The Labute approximate surface area is 213 Å². The Hall–Kier alpha value is -2.58. The number of amides is 2. The number of nitrogens with zero attached hydrogens (tertiary/aromatic N) is 2. The van der Waals surface area contributed by atoms with Gasteiger partial charge in [0.15, 0.2) is 0 Å². The van der Waals surface area contributed by atoms with E-state index in [1.807, 2.05) is 37.3 Å². The van der Waals surface area contributed by atoms with Gasteiger partial charge in [-0.25, -0.2) is 8.42 Å². The number of halogens is 1. The van der Waals surface area contributed by atoms with Crippen molar-refractivity contribution in [2.45, 2.75) is 64.6 Å². The standard InChI is InChI=1S/C26H34ClN3O4S/c1-4-23(26(32)28-22-12-8-9-13-22)29(17-20-10-6-5-7-11-20)25(31)18-30(35(3,33)34)24-16-21(27)15-14-19(24)2/h5-7,10-11,14-16,22-23H,4,8-9,12-13,17-18H2,1-3H3,(H,28,32)/t23-/m0/s1. The van der Waals surface area contributed by atoms with Gasteiger partial charge in [0, 0.05) is 17.6 Å². The van der Waals surface area contributed by atoms with Crippen LogP contribution in [0.15, 0.2) is 48.5 Å². The van der Waals surface area contributed by atoms with Crippen LogP contribution in [0.2, 0.25) is 5.02 Å². The quantitative estimate of drug-likeness (QED) is 0.507. The van der Waals surface area contributed by atoms with Crippen molar-refractivity contribution in [3.8, 4) is 0 Å². The zero-order valence-electron chi connectivity index (χ0n) is 20.5. The Balaban J connectivity index is 1.93. The molecular weight excluding hydrogens is 486 g/mol. The van der Waals surface area contributed by atoms with E-state index < -0.39 is 28.5 Å². The van der Waals surface area contributed by atoms with Gasteiger partial charge >= 0.3 is 0 Å². The molecule has 7 nitrogen and oxygen atoms in total. The molecule has 0 bridgehead atoms. The molecular formula is C26H34ClN3O4S. The zero-order valence-corrected chi connectivity index (χ0v) is 22.1. The van der Waals surface area contributed by atoms with E-state index in [0.717, 1.165) is 41.8 Å². The fourth-order valence-electron chi connectivity index (χ4n) is 4.51. The highest BCUT2D eigenvalue weighted by Crippen LogP contribution is 2.27. The number of carbonyl (C=O) groups excluding carboxylic acids is 2. The molecule has 2 aromatic rings. The third-order valence-corrected chi connectivity index (χ3v) is 7.76. The van der Waals surface area contributed by atoms with Crippen molar-refractivity contribution >= 4 is 39.1 Å². The molecule has 190 valence electrons. The van der Waals surface area contributed by atoms with Gasteiger partial charge in [-0.15, -0.1) is 0 Å². The number of sulfonamides is 1. The fourth-order valence-corrected chi connectivity index (χ4v) is 5.58. The molecule has 1 N–H and O–H groups in total. The summed E-state index contributed by atoms with van der Waals surface area (Å²) in [5.41, 5.74) is 1.88. The van der Waals surface area contributed by atoms with Gasteiger partial charge in [-0.3, -0.25) is 13.9 Å². The van der Waals surface area contributed by atoms with Crippen molar-refractivity contribution in [1.82, 2.24) is 10.2 Å². The predicted molar refractivity (Wildman–Crippen MR) is 140 cm³/mol. The van der Waals surface area contributed by atoms with E-state index in [9.17, 15) is 18.0 Å². The second kappa shape index (κ2) is 11.9. The van der Waals surface area contributed by atoms with Crippen molar-refractivity contribution in [2.24, 2.45) is 0 Å². The van der Waals surface area contributed by atoms with Crippen molar-refractivity contribution < 1.29 is 18.0 Å². The Kier molecular flexibility index (Phi) is 9.19. The summed E-state index contributed by atoms with van der Waals surface area (Å²) in [6.45, 7) is 3.39. The second-order valence-electron chi connectivity index (χ2n) is 9.12.